The van der Waals surface area contributed by atoms with Crippen LogP contribution in [0.1, 0.15) is 54.9 Å². The Labute approximate surface area is 224 Å². The van der Waals surface area contributed by atoms with E-state index in [1.807, 2.05) is 0 Å². The molecule has 0 saturated carbocycles. The fourth-order valence-corrected chi connectivity index (χ4v) is 6.58. The summed E-state index contributed by atoms with van der Waals surface area (Å²) < 4.78 is 16.5. The third-order valence-corrected chi connectivity index (χ3v) is 8.96. The summed E-state index contributed by atoms with van der Waals surface area (Å²) in [6.45, 7) is 8.37. The number of hydrogen-bond donors (Lipinski definition) is 1. The summed E-state index contributed by atoms with van der Waals surface area (Å²) in [6, 6.07) is 6.95. The molecule has 1 aromatic carbocycles. The zero-order valence-electron chi connectivity index (χ0n) is 21.7. The third-order valence-electron chi connectivity index (χ3n) is 6.66. The van der Waals surface area contributed by atoms with Gasteiger partial charge in [0.1, 0.15) is 10.8 Å². The summed E-state index contributed by atoms with van der Waals surface area (Å²) in [4.78, 5) is 27.0. The maximum absolute atomic E-state index is 13.2. The van der Waals surface area contributed by atoms with Gasteiger partial charge in [0.05, 0.1) is 30.3 Å². The molecule has 0 aliphatic heterocycles. The van der Waals surface area contributed by atoms with E-state index in [9.17, 15) is 14.7 Å². The molecule has 1 aliphatic carbocycles. The number of nitrogens with one attached hydrogen (secondary N) is 1. The molecule has 2 unspecified atom stereocenters. The fraction of sp³-hybridized carbons (Fsp3) is 0.462. The van der Waals surface area contributed by atoms with Gasteiger partial charge < -0.3 is 24.4 Å². The molecule has 37 heavy (non-hydrogen) atoms. The quantitative estimate of drug-likeness (QED) is 0.267. The highest BCUT2D eigenvalue weighted by molar-refractivity contribution is 8.00. The van der Waals surface area contributed by atoms with Crippen molar-refractivity contribution in [2.24, 2.45) is 11.3 Å². The molecule has 1 N–H and O–H groups in total. The smallest absolute Gasteiger partial charge is 0.341 e. The van der Waals surface area contributed by atoms with Crippen molar-refractivity contribution in [3.05, 3.63) is 40.3 Å². The molecule has 0 radical (unpaired) electrons. The number of esters is 1. The highest BCUT2D eigenvalue weighted by atomic mass is 32.2. The van der Waals surface area contributed by atoms with E-state index in [0.29, 0.717) is 27.9 Å². The molecule has 2 atom stereocenters. The lowest BCUT2D eigenvalue weighted by molar-refractivity contribution is -0.705. The molecule has 0 fully saturated rings. The van der Waals surface area contributed by atoms with Gasteiger partial charge in [-0.1, -0.05) is 20.8 Å². The summed E-state index contributed by atoms with van der Waals surface area (Å²) >= 11 is 2.47. The van der Waals surface area contributed by atoms with Crippen LogP contribution in [0, 0.1) is 11.3 Å². The maximum atomic E-state index is 13.2. The summed E-state index contributed by atoms with van der Waals surface area (Å²) in [7, 11) is 2.91. The molecule has 1 amide bonds. The van der Waals surface area contributed by atoms with Crippen LogP contribution in [-0.4, -0.2) is 36.6 Å². The lowest BCUT2D eigenvalue weighted by Crippen LogP contribution is -2.36. The number of nitrogens with zero attached hydrogens (tertiary/aromatic N) is 2. The Kier molecular flexibility index (Phi) is 7.84. The van der Waals surface area contributed by atoms with Crippen LogP contribution < -0.4 is 19.8 Å². The first kappa shape index (κ1) is 27.0. The Morgan fingerprint density at radius 3 is 2.59 bits per heavy atom. The largest absolute Gasteiger partial charge is 0.538 e. The lowest BCUT2D eigenvalue weighted by atomic mass is 9.72. The van der Waals surface area contributed by atoms with Gasteiger partial charge >= 0.3 is 5.97 Å². The van der Waals surface area contributed by atoms with Gasteiger partial charge in [0, 0.05) is 17.0 Å². The Morgan fingerprint density at radius 2 is 1.97 bits per heavy atom. The number of thioether (sulfide) groups is 1. The number of methoxy groups -OCH3 is 2. The molecule has 2 heterocycles. The Morgan fingerprint density at radius 1 is 1.27 bits per heavy atom. The van der Waals surface area contributed by atoms with E-state index >= 15 is 0 Å². The van der Waals surface area contributed by atoms with Crippen LogP contribution in [-0.2, 0) is 22.4 Å². The van der Waals surface area contributed by atoms with Gasteiger partial charge in [0.15, 0.2) is 5.95 Å². The van der Waals surface area contributed by atoms with Crippen molar-refractivity contribution in [1.29, 1.82) is 0 Å². The average Bonchev–Trinajstić information content (AvgIpc) is 3.42. The number of aromatic nitrogens is 2. The van der Waals surface area contributed by atoms with Crippen molar-refractivity contribution < 1.29 is 33.4 Å². The second-order valence-corrected chi connectivity index (χ2v) is 12.5. The summed E-state index contributed by atoms with van der Waals surface area (Å²) in [5.74, 6) is -0.301. The van der Waals surface area contributed by atoms with Crippen molar-refractivity contribution in [3.63, 3.8) is 0 Å². The first-order valence-electron chi connectivity index (χ1n) is 12.0. The summed E-state index contributed by atoms with van der Waals surface area (Å²) in [6.07, 6.45) is 2.60. The number of carbonyl (C=O) groups is 2. The van der Waals surface area contributed by atoms with Crippen molar-refractivity contribution in [2.75, 3.05) is 19.5 Å². The summed E-state index contributed by atoms with van der Waals surface area (Å²) in [5, 5.41) is 19.1. The molecule has 3 aromatic rings. The SMILES string of the molecule is COC(=O)c1c(NC(=O)C(C)Sc2c([O-])on[n+]2-c2ccc(OC)cc2)sc2c1CCC(C(C)(C)C)C2. The average molecular weight is 546 g/mol. The molecule has 2 aromatic heterocycles. The minimum Gasteiger partial charge on any atom is -0.538 e. The number of rotatable bonds is 7. The fourth-order valence-electron chi connectivity index (χ4n) is 4.39. The zero-order chi connectivity index (χ0) is 26.9. The number of thiophene rings is 1. The number of amides is 1. The van der Waals surface area contributed by atoms with E-state index < -0.39 is 17.2 Å². The zero-order valence-corrected chi connectivity index (χ0v) is 23.4. The summed E-state index contributed by atoms with van der Waals surface area (Å²) in [5.41, 5.74) is 2.14. The van der Waals surface area contributed by atoms with Crippen molar-refractivity contribution >= 4 is 40.0 Å². The highest BCUT2D eigenvalue weighted by Gasteiger charge is 2.35. The van der Waals surface area contributed by atoms with Crippen LogP contribution in [0.3, 0.4) is 0 Å². The first-order valence-corrected chi connectivity index (χ1v) is 13.7. The van der Waals surface area contributed by atoms with Crippen LogP contribution in [0.25, 0.3) is 5.69 Å². The standard InChI is InChI=1S/C26H31N3O6S2/c1-14(36-23-25(32)35-28-29(23)16-8-10-17(33-5)11-9-16)21(30)27-22-20(24(31)34-6)18-12-7-15(26(2,3)4)13-19(18)37-22/h8-11,14-15H,7,12-13H2,1-6H3,(H-,27,28,30,31,32). The van der Waals surface area contributed by atoms with E-state index in [2.05, 4.69) is 31.4 Å². The predicted molar refractivity (Wildman–Crippen MR) is 139 cm³/mol. The number of anilines is 1. The topological polar surface area (TPSA) is 118 Å². The minimum atomic E-state index is -0.677. The molecule has 4 rings (SSSR count). The van der Waals surface area contributed by atoms with Crippen molar-refractivity contribution in [3.8, 4) is 17.4 Å². The maximum Gasteiger partial charge on any atom is 0.341 e. The molecule has 1 aliphatic rings. The molecule has 0 spiro atoms. The molecule has 11 heteroatoms. The second kappa shape index (κ2) is 10.7. The number of hydrogen-bond acceptors (Lipinski definition) is 9. The molecular formula is C26H31N3O6S2. The Hall–Kier alpha value is -3.05. The normalized spacial score (nSPS) is 16.1. The van der Waals surface area contributed by atoms with Gasteiger partial charge in [-0.2, -0.15) is 0 Å². The van der Waals surface area contributed by atoms with Gasteiger partial charge in [-0.15, -0.1) is 11.3 Å². The highest BCUT2D eigenvalue weighted by Crippen LogP contribution is 2.44. The van der Waals surface area contributed by atoms with Crippen molar-refractivity contribution in [1.82, 2.24) is 5.27 Å². The first-order chi connectivity index (χ1) is 17.5. The molecule has 0 saturated heterocycles. The third kappa shape index (κ3) is 5.62. The number of benzene rings is 1. The van der Waals surface area contributed by atoms with E-state index in [0.717, 1.165) is 41.5 Å². The number of ether oxygens (including phenoxy) is 2. The van der Waals surface area contributed by atoms with Crippen LogP contribution in [0.5, 0.6) is 11.7 Å². The van der Waals surface area contributed by atoms with Gasteiger partial charge in [-0.05, 0) is 71.7 Å². The number of carbonyl (C=O) groups excluding carboxylic acids is 2. The van der Waals surface area contributed by atoms with Crippen LogP contribution in [0.2, 0.25) is 0 Å². The van der Waals surface area contributed by atoms with Crippen molar-refractivity contribution in [2.45, 2.75) is 57.2 Å². The lowest BCUT2D eigenvalue weighted by Gasteiger charge is -2.33. The minimum absolute atomic E-state index is 0.148. The molecule has 9 nitrogen and oxygen atoms in total. The number of fused-ring (bicyclic) bond motifs is 1. The monoisotopic (exact) mass is 545 g/mol. The van der Waals surface area contributed by atoms with E-state index in [4.69, 9.17) is 14.0 Å². The van der Waals surface area contributed by atoms with Crippen LogP contribution in [0.4, 0.5) is 5.00 Å². The van der Waals surface area contributed by atoms with Gasteiger partial charge in [-0.25, -0.2) is 4.79 Å². The van der Waals surface area contributed by atoms with Gasteiger partial charge in [-0.3, -0.25) is 4.79 Å². The van der Waals surface area contributed by atoms with E-state index in [-0.39, 0.29) is 16.3 Å². The Bertz CT molecular complexity index is 1290. The van der Waals surface area contributed by atoms with E-state index in [1.165, 1.54) is 23.1 Å². The second-order valence-electron chi connectivity index (χ2n) is 10.0. The molecule has 0 bridgehead atoms. The Balaban J connectivity index is 1.55. The molecule has 198 valence electrons. The predicted octanol–water partition coefficient (Wildman–Crippen LogP) is 4.15. The van der Waals surface area contributed by atoms with E-state index in [1.54, 1.807) is 38.3 Å². The van der Waals surface area contributed by atoms with Gasteiger partial charge in [0.25, 0.3) is 5.03 Å². The van der Waals surface area contributed by atoms with Crippen LogP contribution >= 0.6 is 23.1 Å². The van der Waals surface area contributed by atoms with Crippen LogP contribution in [0.15, 0.2) is 33.8 Å². The van der Waals surface area contributed by atoms with Gasteiger partial charge in [0.2, 0.25) is 11.6 Å². The molecular weight excluding hydrogens is 514 g/mol.